The lowest BCUT2D eigenvalue weighted by Gasteiger charge is -2.10. The molecule has 1 aromatic carbocycles. The highest BCUT2D eigenvalue weighted by atomic mass is 32.1. The lowest BCUT2D eigenvalue weighted by atomic mass is 10.3. The highest BCUT2D eigenvalue weighted by molar-refractivity contribution is 7.16. The number of halogens is 3. The fourth-order valence-corrected chi connectivity index (χ4v) is 4.11. The minimum atomic E-state index is -4.79. The van der Waals surface area contributed by atoms with Gasteiger partial charge in [-0.3, -0.25) is 9.59 Å². The number of hydrogen-bond donors (Lipinski definition) is 2. The summed E-state index contributed by atoms with van der Waals surface area (Å²) in [5.41, 5.74) is 1.33. The number of hydrogen-bond acceptors (Lipinski definition) is 5. The molecule has 152 valence electrons. The Morgan fingerprint density at radius 3 is 2.41 bits per heavy atom. The predicted molar refractivity (Wildman–Crippen MR) is 106 cm³/mol. The van der Waals surface area contributed by atoms with Crippen LogP contribution in [-0.4, -0.2) is 24.7 Å². The summed E-state index contributed by atoms with van der Waals surface area (Å²) in [7, 11) is 0. The van der Waals surface area contributed by atoms with E-state index >= 15 is 0 Å². The van der Waals surface area contributed by atoms with Gasteiger partial charge in [0.2, 0.25) is 0 Å². The molecule has 0 saturated heterocycles. The lowest BCUT2D eigenvalue weighted by Crippen LogP contribution is -2.36. The largest absolute Gasteiger partial charge is 0.573 e. The second kappa shape index (κ2) is 9.10. The quantitative estimate of drug-likeness (QED) is 0.548. The molecule has 2 N–H and O–H groups in total. The van der Waals surface area contributed by atoms with Crippen molar-refractivity contribution in [2.24, 2.45) is 0 Å². The molecule has 0 unspecified atom stereocenters. The lowest BCUT2D eigenvalue weighted by molar-refractivity contribution is -0.274. The zero-order chi connectivity index (χ0) is 20.9. The predicted octanol–water partition coefficient (Wildman–Crippen LogP) is 4.67. The van der Waals surface area contributed by atoms with Crippen LogP contribution in [0.15, 0.2) is 53.2 Å². The van der Waals surface area contributed by atoms with Gasteiger partial charge in [0.15, 0.2) is 0 Å². The summed E-state index contributed by atoms with van der Waals surface area (Å²) < 4.78 is 40.1. The molecule has 3 rings (SSSR count). The highest BCUT2D eigenvalue weighted by Gasteiger charge is 2.31. The van der Waals surface area contributed by atoms with Crippen molar-refractivity contribution in [2.75, 3.05) is 11.9 Å². The minimum Gasteiger partial charge on any atom is -0.406 e. The van der Waals surface area contributed by atoms with E-state index in [1.807, 2.05) is 23.6 Å². The van der Waals surface area contributed by atoms with Crippen LogP contribution in [0, 0.1) is 0 Å². The molecule has 3 aromatic rings. The van der Waals surface area contributed by atoms with Crippen LogP contribution in [0.25, 0.3) is 10.4 Å². The van der Waals surface area contributed by atoms with E-state index in [4.69, 9.17) is 0 Å². The molecule has 5 nitrogen and oxygen atoms in total. The average molecular weight is 440 g/mol. The number of thiophene rings is 2. The number of carbonyl (C=O) groups excluding carboxylic acids is 2. The number of alkyl halides is 3. The van der Waals surface area contributed by atoms with Crippen molar-refractivity contribution in [2.45, 2.75) is 12.8 Å². The molecule has 2 heterocycles. The smallest absolute Gasteiger partial charge is 0.406 e. The van der Waals surface area contributed by atoms with Gasteiger partial charge in [-0.05, 0) is 59.6 Å². The summed E-state index contributed by atoms with van der Waals surface area (Å²) in [6.45, 7) is 0.286. The van der Waals surface area contributed by atoms with Gasteiger partial charge in [-0.15, -0.1) is 24.5 Å². The first-order valence-electron chi connectivity index (χ1n) is 8.36. The summed E-state index contributed by atoms with van der Waals surface area (Å²) >= 11 is 3.24. The van der Waals surface area contributed by atoms with Gasteiger partial charge in [0.05, 0.1) is 0 Å². The van der Waals surface area contributed by atoms with Gasteiger partial charge < -0.3 is 15.4 Å². The Bertz CT molecular complexity index is 968. The van der Waals surface area contributed by atoms with E-state index in [2.05, 4.69) is 20.8 Å². The van der Waals surface area contributed by atoms with Gasteiger partial charge in [-0.1, -0.05) is 0 Å². The standard InChI is InChI=1S/C19H15F3N2O3S2/c20-19(21,22)27-14-3-1-13(2-4-14)24-18(26)17(25)23-9-7-15-5-6-16(29-15)12-8-10-28-11-12/h1-6,8,10-11H,7,9H2,(H,23,25)(H,24,26). The van der Waals surface area contributed by atoms with Crippen LogP contribution in [0.1, 0.15) is 4.88 Å². The Labute approximate surface area is 172 Å². The molecular formula is C19H15F3N2O3S2. The number of nitrogens with one attached hydrogen (secondary N) is 2. The highest BCUT2D eigenvalue weighted by Crippen LogP contribution is 2.29. The summed E-state index contributed by atoms with van der Waals surface area (Å²) in [5.74, 6) is -2.15. The Morgan fingerprint density at radius 1 is 1.00 bits per heavy atom. The van der Waals surface area contributed by atoms with Gasteiger partial charge in [0.1, 0.15) is 5.75 Å². The summed E-state index contributed by atoms with van der Waals surface area (Å²) in [6.07, 6.45) is -4.21. The molecule has 0 atom stereocenters. The topological polar surface area (TPSA) is 67.4 Å². The average Bonchev–Trinajstić information content (AvgIpc) is 3.33. The van der Waals surface area contributed by atoms with E-state index in [0.717, 1.165) is 27.5 Å². The number of benzene rings is 1. The van der Waals surface area contributed by atoms with Crippen LogP contribution < -0.4 is 15.4 Å². The number of rotatable bonds is 6. The van der Waals surface area contributed by atoms with Crippen LogP contribution >= 0.6 is 22.7 Å². The van der Waals surface area contributed by atoms with Crippen LogP contribution in [0.4, 0.5) is 18.9 Å². The number of anilines is 1. The monoisotopic (exact) mass is 440 g/mol. The first-order valence-corrected chi connectivity index (χ1v) is 10.1. The van der Waals surface area contributed by atoms with Crippen molar-refractivity contribution in [1.82, 2.24) is 5.32 Å². The molecule has 0 fully saturated rings. The number of amides is 2. The van der Waals surface area contributed by atoms with Crippen LogP contribution in [0.5, 0.6) is 5.75 Å². The molecule has 0 saturated carbocycles. The molecule has 0 spiro atoms. The molecule has 0 aliphatic carbocycles. The first-order chi connectivity index (χ1) is 13.8. The van der Waals surface area contributed by atoms with Crippen LogP contribution in [0.3, 0.4) is 0 Å². The SMILES string of the molecule is O=C(NCCc1ccc(-c2ccsc2)s1)C(=O)Nc1ccc(OC(F)(F)F)cc1. The van der Waals surface area contributed by atoms with Gasteiger partial charge in [-0.2, -0.15) is 11.3 Å². The number of carbonyl (C=O) groups is 2. The Hall–Kier alpha value is -2.85. The molecule has 10 heteroatoms. The maximum absolute atomic E-state index is 12.1. The van der Waals surface area contributed by atoms with Crippen LogP contribution in [0.2, 0.25) is 0 Å². The Morgan fingerprint density at radius 2 is 1.76 bits per heavy atom. The van der Waals surface area contributed by atoms with Crippen molar-refractivity contribution >= 4 is 40.2 Å². The molecular weight excluding hydrogens is 425 g/mol. The van der Waals surface area contributed by atoms with E-state index in [0.29, 0.717) is 6.42 Å². The zero-order valence-corrected chi connectivity index (χ0v) is 16.4. The third kappa shape index (κ3) is 6.33. The molecule has 0 radical (unpaired) electrons. The van der Waals surface area contributed by atoms with Crippen molar-refractivity contribution < 1.29 is 27.5 Å². The maximum atomic E-state index is 12.1. The molecule has 29 heavy (non-hydrogen) atoms. The molecule has 2 aromatic heterocycles. The van der Waals surface area contributed by atoms with E-state index < -0.39 is 23.9 Å². The maximum Gasteiger partial charge on any atom is 0.573 e. The molecule has 2 amide bonds. The summed E-state index contributed by atoms with van der Waals surface area (Å²) in [5, 5.41) is 8.90. The zero-order valence-electron chi connectivity index (χ0n) is 14.8. The van der Waals surface area contributed by atoms with E-state index in [1.54, 1.807) is 22.7 Å². The van der Waals surface area contributed by atoms with E-state index in [9.17, 15) is 22.8 Å². The normalized spacial score (nSPS) is 11.1. The molecule has 0 bridgehead atoms. The second-order valence-electron chi connectivity index (χ2n) is 5.81. The summed E-state index contributed by atoms with van der Waals surface area (Å²) in [6, 6.07) is 10.5. The fraction of sp³-hybridized carbons (Fsp3) is 0.158. The minimum absolute atomic E-state index is 0.179. The Balaban J connectivity index is 1.44. The van der Waals surface area contributed by atoms with Crippen molar-refractivity contribution in [3.8, 4) is 16.2 Å². The van der Waals surface area contributed by atoms with Gasteiger partial charge >= 0.3 is 18.2 Å². The van der Waals surface area contributed by atoms with Crippen LogP contribution in [-0.2, 0) is 16.0 Å². The van der Waals surface area contributed by atoms with E-state index in [1.165, 1.54) is 12.1 Å². The third-order valence-corrected chi connectivity index (χ3v) is 5.55. The first kappa shape index (κ1) is 20.9. The third-order valence-electron chi connectivity index (χ3n) is 3.68. The van der Waals surface area contributed by atoms with Crippen molar-refractivity contribution in [1.29, 1.82) is 0 Å². The summed E-state index contributed by atoms with van der Waals surface area (Å²) in [4.78, 5) is 26.0. The molecule has 0 aliphatic rings. The molecule has 0 aliphatic heterocycles. The fourth-order valence-electron chi connectivity index (χ4n) is 2.38. The Kier molecular flexibility index (Phi) is 6.55. The number of ether oxygens (including phenoxy) is 1. The van der Waals surface area contributed by atoms with Gasteiger partial charge in [0, 0.05) is 27.5 Å². The van der Waals surface area contributed by atoms with Crippen molar-refractivity contribution in [3.05, 3.63) is 58.1 Å². The second-order valence-corrected chi connectivity index (χ2v) is 7.76. The van der Waals surface area contributed by atoms with E-state index in [-0.39, 0.29) is 12.2 Å². The van der Waals surface area contributed by atoms with Gasteiger partial charge in [0.25, 0.3) is 0 Å². The van der Waals surface area contributed by atoms with Gasteiger partial charge in [-0.25, -0.2) is 0 Å². The van der Waals surface area contributed by atoms with Crippen molar-refractivity contribution in [3.63, 3.8) is 0 Å².